The summed E-state index contributed by atoms with van der Waals surface area (Å²) in [5, 5.41) is 0. The fraction of sp³-hybridized carbons (Fsp3) is 0.267. The number of halogens is 1. The molecule has 0 bridgehead atoms. The molecule has 0 unspecified atom stereocenters. The van der Waals surface area contributed by atoms with Crippen LogP contribution in [0.25, 0.3) is 0 Å². The van der Waals surface area contributed by atoms with Crippen LogP contribution in [0.2, 0.25) is 0 Å². The lowest BCUT2D eigenvalue weighted by Crippen LogP contribution is -2.05. The van der Waals surface area contributed by atoms with E-state index >= 15 is 0 Å². The third-order valence-corrected chi connectivity index (χ3v) is 2.78. The number of alkyl halides is 1. The van der Waals surface area contributed by atoms with E-state index in [1.165, 1.54) is 0 Å². The van der Waals surface area contributed by atoms with Gasteiger partial charge in [-0.1, -0.05) is 18.2 Å². The monoisotopic (exact) mass is 277 g/mol. The average molecular weight is 278 g/mol. The highest BCUT2D eigenvalue weighted by Gasteiger charge is 1.97. The third-order valence-electron chi connectivity index (χ3n) is 2.50. The Labute approximate surface area is 118 Å². The highest BCUT2D eigenvalue weighted by Crippen LogP contribution is 2.11. The number of rotatable bonds is 7. The second-order valence-electron chi connectivity index (χ2n) is 3.98. The van der Waals surface area contributed by atoms with E-state index in [2.05, 4.69) is 4.98 Å². The molecule has 0 aliphatic heterocycles. The Morgan fingerprint density at radius 2 is 1.63 bits per heavy atom. The van der Waals surface area contributed by atoms with Crippen molar-refractivity contribution in [2.24, 2.45) is 0 Å². The molecule has 0 spiro atoms. The number of aromatic nitrogens is 1. The minimum atomic E-state index is 0.422. The van der Waals surface area contributed by atoms with Gasteiger partial charge in [-0.25, -0.2) is 0 Å². The minimum absolute atomic E-state index is 0.422. The Hall–Kier alpha value is -1.74. The second-order valence-corrected chi connectivity index (χ2v) is 4.25. The SMILES string of the molecule is ClCc1ccc(OCCCOc2ccccc2)cn1. The summed E-state index contributed by atoms with van der Waals surface area (Å²) in [7, 11) is 0. The van der Waals surface area contributed by atoms with E-state index in [-0.39, 0.29) is 0 Å². The van der Waals surface area contributed by atoms with Crippen LogP contribution in [-0.4, -0.2) is 18.2 Å². The first-order valence-corrected chi connectivity index (χ1v) is 6.73. The lowest BCUT2D eigenvalue weighted by atomic mass is 10.3. The summed E-state index contributed by atoms with van der Waals surface area (Å²) in [6, 6.07) is 13.5. The Morgan fingerprint density at radius 1 is 0.895 bits per heavy atom. The normalized spacial score (nSPS) is 10.2. The molecule has 0 amide bonds. The number of benzene rings is 1. The summed E-state index contributed by atoms with van der Waals surface area (Å²) in [5.41, 5.74) is 0.849. The largest absolute Gasteiger partial charge is 0.493 e. The molecule has 0 fully saturated rings. The number of nitrogens with zero attached hydrogens (tertiary/aromatic N) is 1. The Morgan fingerprint density at radius 3 is 2.26 bits per heavy atom. The molecule has 0 radical (unpaired) electrons. The van der Waals surface area contributed by atoms with E-state index in [9.17, 15) is 0 Å². The average Bonchev–Trinajstić information content (AvgIpc) is 2.49. The Kier molecular flexibility index (Phi) is 5.50. The fourth-order valence-corrected chi connectivity index (χ4v) is 1.69. The van der Waals surface area contributed by atoms with Crippen LogP contribution in [-0.2, 0) is 5.88 Å². The maximum atomic E-state index is 5.66. The number of hydrogen-bond acceptors (Lipinski definition) is 3. The lowest BCUT2D eigenvalue weighted by molar-refractivity contribution is 0.247. The Bertz CT molecular complexity index is 473. The van der Waals surface area contributed by atoms with Gasteiger partial charge in [0.05, 0.1) is 31.0 Å². The van der Waals surface area contributed by atoms with Crippen LogP contribution in [0.5, 0.6) is 11.5 Å². The first kappa shape index (κ1) is 13.7. The van der Waals surface area contributed by atoms with Crippen LogP contribution in [0.1, 0.15) is 12.1 Å². The van der Waals surface area contributed by atoms with Crippen molar-refractivity contribution in [2.45, 2.75) is 12.3 Å². The van der Waals surface area contributed by atoms with Gasteiger partial charge in [0.25, 0.3) is 0 Å². The van der Waals surface area contributed by atoms with Crippen LogP contribution in [0.3, 0.4) is 0 Å². The smallest absolute Gasteiger partial charge is 0.137 e. The van der Waals surface area contributed by atoms with Crippen molar-refractivity contribution in [3.63, 3.8) is 0 Å². The van der Waals surface area contributed by atoms with Crippen molar-refractivity contribution in [3.05, 3.63) is 54.4 Å². The predicted molar refractivity (Wildman–Crippen MR) is 75.8 cm³/mol. The van der Waals surface area contributed by atoms with E-state index in [4.69, 9.17) is 21.1 Å². The molecule has 0 saturated carbocycles. The minimum Gasteiger partial charge on any atom is -0.493 e. The fourth-order valence-electron chi connectivity index (χ4n) is 1.53. The van der Waals surface area contributed by atoms with Gasteiger partial charge in [-0.05, 0) is 24.3 Å². The van der Waals surface area contributed by atoms with Gasteiger partial charge in [0, 0.05) is 6.42 Å². The van der Waals surface area contributed by atoms with Gasteiger partial charge in [0.2, 0.25) is 0 Å². The second kappa shape index (κ2) is 7.64. The molecule has 0 saturated heterocycles. The molecule has 100 valence electrons. The van der Waals surface area contributed by atoms with Gasteiger partial charge < -0.3 is 9.47 Å². The molecule has 1 heterocycles. The van der Waals surface area contributed by atoms with Crippen LogP contribution in [0.15, 0.2) is 48.7 Å². The van der Waals surface area contributed by atoms with Gasteiger partial charge in [-0.2, -0.15) is 0 Å². The molecule has 1 aromatic heterocycles. The van der Waals surface area contributed by atoms with Gasteiger partial charge in [-0.15, -0.1) is 11.6 Å². The van der Waals surface area contributed by atoms with Crippen LogP contribution in [0, 0.1) is 0 Å². The zero-order valence-electron chi connectivity index (χ0n) is 10.6. The summed E-state index contributed by atoms with van der Waals surface area (Å²) in [4.78, 5) is 4.16. The van der Waals surface area contributed by atoms with Crippen molar-refractivity contribution < 1.29 is 9.47 Å². The maximum absolute atomic E-state index is 5.66. The first-order chi connectivity index (χ1) is 9.38. The molecule has 0 aliphatic carbocycles. The first-order valence-electron chi connectivity index (χ1n) is 6.20. The zero-order chi connectivity index (χ0) is 13.3. The molecule has 1 aromatic carbocycles. The summed E-state index contributed by atoms with van der Waals surface area (Å²) in [6.07, 6.45) is 2.52. The predicted octanol–water partition coefficient (Wildman–Crippen LogP) is 3.67. The van der Waals surface area contributed by atoms with Crippen molar-refractivity contribution in [2.75, 3.05) is 13.2 Å². The maximum Gasteiger partial charge on any atom is 0.137 e. The van der Waals surface area contributed by atoms with E-state index < -0.39 is 0 Å². The molecule has 19 heavy (non-hydrogen) atoms. The van der Waals surface area contributed by atoms with Gasteiger partial charge >= 0.3 is 0 Å². The molecular weight excluding hydrogens is 262 g/mol. The topological polar surface area (TPSA) is 31.4 Å². The van der Waals surface area contributed by atoms with Crippen molar-refractivity contribution >= 4 is 11.6 Å². The number of hydrogen-bond donors (Lipinski definition) is 0. The number of ether oxygens (including phenoxy) is 2. The van der Waals surface area contributed by atoms with Crippen LogP contribution in [0.4, 0.5) is 0 Å². The summed E-state index contributed by atoms with van der Waals surface area (Å²) < 4.78 is 11.1. The van der Waals surface area contributed by atoms with E-state index in [0.29, 0.717) is 19.1 Å². The highest BCUT2D eigenvalue weighted by molar-refractivity contribution is 6.16. The standard InChI is InChI=1S/C15H16ClNO2/c16-11-13-7-8-15(12-17-13)19-10-4-9-18-14-5-2-1-3-6-14/h1-3,5-8,12H,4,9-11H2. The highest BCUT2D eigenvalue weighted by atomic mass is 35.5. The number of para-hydroxylation sites is 1. The van der Waals surface area contributed by atoms with Crippen LogP contribution < -0.4 is 9.47 Å². The van der Waals surface area contributed by atoms with Crippen molar-refractivity contribution in [1.29, 1.82) is 0 Å². The molecule has 2 aromatic rings. The lowest BCUT2D eigenvalue weighted by Gasteiger charge is -2.07. The molecule has 0 aliphatic rings. The summed E-state index contributed by atoms with van der Waals surface area (Å²) >= 11 is 5.66. The van der Waals surface area contributed by atoms with E-state index in [0.717, 1.165) is 23.6 Å². The van der Waals surface area contributed by atoms with Crippen molar-refractivity contribution in [1.82, 2.24) is 4.98 Å². The molecule has 3 nitrogen and oxygen atoms in total. The quantitative estimate of drug-likeness (QED) is 0.572. The molecule has 2 rings (SSSR count). The molecule has 4 heteroatoms. The molecule has 0 N–H and O–H groups in total. The number of pyridine rings is 1. The van der Waals surface area contributed by atoms with Gasteiger partial charge in [-0.3, -0.25) is 4.98 Å². The molecule has 0 atom stereocenters. The van der Waals surface area contributed by atoms with Crippen LogP contribution >= 0.6 is 11.6 Å². The van der Waals surface area contributed by atoms with Gasteiger partial charge in [0.1, 0.15) is 11.5 Å². The Balaban J connectivity index is 1.63. The van der Waals surface area contributed by atoms with Gasteiger partial charge in [0.15, 0.2) is 0 Å². The summed E-state index contributed by atoms with van der Waals surface area (Å²) in [6.45, 7) is 1.24. The molecular formula is C15H16ClNO2. The van der Waals surface area contributed by atoms with Crippen molar-refractivity contribution in [3.8, 4) is 11.5 Å². The summed E-state index contributed by atoms with van der Waals surface area (Å²) in [5.74, 6) is 2.06. The van der Waals surface area contributed by atoms with E-state index in [1.54, 1.807) is 6.20 Å². The third kappa shape index (κ3) is 4.79. The van der Waals surface area contributed by atoms with E-state index in [1.807, 2.05) is 42.5 Å². The zero-order valence-corrected chi connectivity index (χ0v) is 11.3.